The lowest BCUT2D eigenvalue weighted by molar-refractivity contribution is 0.0601. The summed E-state index contributed by atoms with van der Waals surface area (Å²) in [6.45, 7) is 4.57. The Morgan fingerprint density at radius 1 is 1.25 bits per heavy atom. The van der Waals surface area contributed by atoms with Gasteiger partial charge in [-0.25, -0.2) is 14.2 Å². The highest BCUT2D eigenvalue weighted by molar-refractivity contribution is 7.98. The van der Waals surface area contributed by atoms with Crippen LogP contribution in [-0.2, 0) is 17.0 Å². The molecule has 0 fully saturated rings. The normalized spacial score (nSPS) is 11.2. The molecule has 0 radical (unpaired) electrons. The maximum atomic E-state index is 13.4. The molecular formula is C21H21FN2O3S. The predicted octanol–water partition coefficient (Wildman–Crippen LogP) is 4.27. The van der Waals surface area contributed by atoms with E-state index in [1.165, 1.54) is 31.0 Å². The van der Waals surface area contributed by atoms with Crippen molar-refractivity contribution in [3.05, 3.63) is 69.8 Å². The number of rotatable bonds is 6. The van der Waals surface area contributed by atoms with Crippen LogP contribution in [0.3, 0.4) is 0 Å². The zero-order valence-corrected chi connectivity index (χ0v) is 16.8. The standard InChI is InChI=1S/C21H21FN2O3S/c1-13(2)11-24-19(25)17-8-7-15(20(26)27-3)10-18(17)23-21(24)28-12-14-5-4-6-16(22)9-14/h4-10,13H,11-12H2,1-3H3. The minimum atomic E-state index is -0.482. The Hall–Kier alpha value is -2.67. The molecule has 0 amide bonds. The van der Waals surface area contributed by atoms with Crippen molar-refractivity contribution in [1.82, 2.24) is 9.55 Å². The Morgan fingerprint density at radius 3 is 2.71 bits per heavy atom. The predicted molar refractivity (Wildman–Crippen MR) is 108 cm³/mol. The molecule has 3 aromatic rings. The second-order valence-corrected chi connectivity index (χ2v) is 7.79. The van der Waals surface area contributed by atoms with E-state index in [1.54, 1.807) is 28.8 Å². The first-order chi connectivity index (χ1) is 13.4. The van der Waals surface area contributed by atoms with Gasteiger partial charge in [-0.15, -0.1) is 0 Å². The van der Waals surface area contributed by atoms with Gasteiger partial charge in [-0.3, -0.25) is 9.36 Å². The Morgan fingerprint density at radius 2 is 2.04 bits per heavy atom. The Balaban J connectivity index is 2.06. The summed E-state index contributed by atoms with van der Waals surface area (Å²) in [6.07, 6.45) is 0. The molecule has 28 heavy (non-hydrogen) atoms. The zero-order chi connectivity index (χ0) is 20.3. The number of hydrogen-bond acceptors (Lipinski definition) is 5. The molecule has 7 heteroatoms. The number of carbonyl (C=O) groups is 1. The first kappa shape index (κ1) is 20.1. The van der Waals surface area contributed by atoms with Crippen molar-refractivity contribution in [2.45, 2.75) is 31.3 Å². The van der Waals surface area contributed by atoms with Crippen LogP contribution in [0.5, 0.6) is 0 Å². The molecule has 3 rings (SSSR count). The van der Waals surface area contributed by atoms with Gasteiger partial charge in [0.15, 0.2) is 5.16 Å². The molecule has 0 unspecified atom stereocenters. The number of ether oxygens (including phenoxy) is 1. The quantitative estimate of drug-likeness (QED) is 0.351. The van der Waals surface area contributed by atoms with Gasteiger partial charge < -0.3 is 4.74 Å². The van der Waals surface area contributed by atoms with Gasteiger partial charge in [0, 0.05) is 12.3 Å². The van der Waals surface area contributed by atoms with Gasteiger partial charge in [0.2, 0.25) is 0 Å². The summed E-state index contributed by atoms with van der Waals surface area (Å²) in [5, 5.41) is 0.987. The van der Waals surface area contributed by atoms with Crippen LogP contribution in [0.1, 0.15) is 29.8 Å². The maximum absolute atomic E-state index is 13.4. The van der Waals surface area contributed by atoms with Gasteiger partial charge in [-0.2, -0.15) is 0 Å². The van der Waals surface area contributed by atoms with E-state index >= 15 is 0 Å². The number of benzene rings is 2. The average Bonchev–Trinajstić information content (AvgIpc) is 2.67. The van der Waals surface area contributed by atoms with Gasteiger partial charge >= 0.3 is 5.97 Å². The first-order valence-electron chi connectivity index (χ1n) is 8.89. The highest BCUT2D eigenvalue weighted by atomic mass is 32.2. The summed E-state index contributed by atoms with van der Waals surface area (Å²) in [5.41, 5.74) is 1.43. The van der Waals surface area contributed by atoms with Gasteiger partial charge in [-0.1, -0.05) is 37.7 Å². The fourth-order valence-corrected chi connectivity index (χ4v) is 3.81. The fraction of sp³-hybridized carbons (Fsp3) is 0.286. The summed E-state index contributed by atoms with van der Waals surface area (Å²) < 4.78 is 19.8. The van der Waals surface area contributed by atoms with Crippen molar-refractivity contribution in [1.29, 1.82) is 0 Å². The van der Waals surface area contributed by atoms with Gasteiger partial charge in [0.1, 0.15) is 5.82 Å². The van der Waals surface area contributed by atoms with E-state index in [0.29, 0.717) is 33.9 Å². The average molecular weight is 400 g/mol. The minimum Gasteiger partial charge on any atom is -0.465 e. The fourth-order valence-electron chi connectivity index (χ4n) is 2.86. The van der Waals surface area contributed by atoms with Gasteiger partial charge in [-0.05, 0) is 41.8 Å². The molecular weight excluding hydrogens is 379 g/mol. The third-order valence-corrected chi connectivity index (χ3v) is 5.19. The van der Waals surface area contributed by atoms with E-state index in [4.69, 9.17) is 4.74 Å². The van der Waals surface area contributed by atoms with E-state index in [9.17, 15) is 14.0 Å². The molecule has 146 valence electrons. The molecule has 0 atom stereocenters. The molecule has 0 aliphatic rings. The summed E-state index contributed by atoms with van der Waals surface area (Å²) >= 11 is 1.37. The van der Waals surface area contributed by atoms with Crippen LogP contribution in [0.15, 0.2) is 52.4 Å². The molecule has 0 saturated heterocycles. The number of fused-ring (bicyclic) bond motifs is 1. The van der Waals surface area contributed by atoms with Crippen LogP contribution in [-0.4, -0.2) is 22.6 Å². The first-order valence-corrected chi connectivity index (χ1v) is 9.87. The number of esters is 1. The van der Waals surface area contributed by atoms with Crippen LogP contribution in [0.4, 0.5) is 4.39 Å². The van der Waals surface area contributed by atoms with E-state index in [-0.39, 0.29) is 17.3 Å². The molecule has 1 aromatic heterocycles. The van der Waals surface area contributed by atoms with E-state index in [0.717, 1.165) is 5.56 Å². The Labute approximate surface area is 166 Å². The highest BCUT2D eigenvalue weighted by Gasteiger charge is 2.15. The number of carbonyl (C=O) groups excluding carboxylic acids is 1. The molecule has 1 heterocycles. The summed E-state index contributed by atoms with van der Waals surface area (Å²) in [5.74, 6) is -0.0551. The number of aromatic nitrogens is 2. The lowest BCUT2D eigenvalue weighted by atomic mass is 10.1. The van der Waals surface area contributed by atoms with Gasteiger partial charge in [0.05, 0.1) is 23.6 Å². The number of methoxy groups -OCH3 is 1. The molecule has 0 spiro atoms. The van der Waals surface area contributed by atoms with Crippen LogP contribution >= 0.6 is 11.8 Å². The zero-order valence-electron chi connectivity index (χ0n) is 15.9. The van der Waals surface area contributed by atoms with E-state index in [1.807, 2.05) is 19.9 Å². The Kier molecular flexibility index (Phi) is 6.14. The summed E-state index contributed by atoms with van der Waals surface area (Å²) in [7, 11) is 1.31. The van der Waals surface area contributed by atoms with Gasteiger partial charge in [0.25, 0.3) is 5.56 Å². The van der Waals surface area contributed by atoms with Crippen LogP contribution in [0, 0.1) is 11.7 Å². The van der Waals surface area contributed by atoms with Crippen molar-refractivity contribution in [3.63, 3.8) is 0 Å². The molecule has 5 nitrogen and oxygen atoms in total. The largest absolute Gasteiger partial charge is 0.465 e. The van der Waals surface area contributed by atoms with Crippen LogP contribution in [0.25, 0.3) is 10.9 Å². The molecule has 0 bridgehead atoms. The Bertz CT molecular complexity index is 1080. The van der Waals surface area contributed by atoms with Crippen molar-refractivity contribution in [3.8, 4) is 0 Å². The van der Waals surface area contributed by atoms with Crippen molar-refractivity contribution < 1.29 is 13.9 Å². The minimum absolute atomic E-state index is 0.156. The SMILES string of the molecule is COC(=O)c1ccc2c(=O)n(CC(C)C)c(SCc3cccc(F)c3)nc2c1. The van der Waals surface area contributed by atoms with Crippen molar-refractivity contribution in [2.75, 3.05) is 7.11 Å². The van der Waals surface area contributed by atoms with Crippen LogP contribution in [0.2, 0.25) is 0 Å². The number of nitrogens with zero attached hydrogens (tertiary/aromatic N) is 2. The smallest absolute Gasteiger partial charge is 0.337 e. The number of thioether (sulfide) groups is 1. The third kappa shape index (κ3) is 4.42. The molecule has 0 aliphatic carbocycles. The molecule has 0 saturated carbocycles. The molecule has 2 aromatic carbocycles. The monoisotopic (exact) mass is 400 g/mol. The second-order valence-electron chi connectivity index (χ2n) is 6.85. The maximum Gasteiger partial charge on any atom is 0.337 e. The lowest BCUT2D eigenvalue weighted by Gasteiger charge is -2.15. The summed E-state index contributed by atoms with van der Waals surface area (Å²) in [4.78, 5) is 29.5. The second kappa shape index (κ2) is 8.56. The highest BCUT2D eigenvalue weighted by Crippen LogP contribution is 2.24. The van der Waals surface area contributed by atoms with E-state index in [2.05, 4.69) is 4.98 Å². The third-order valence-electron chi connectivity index (χ3n) is 4.15. The number of halogens is 1. The number of hydrogen-bond donors (Lipinski definition) is 0. The topological polar surface area (TPSA) is 61.2 Å². The summed E-state index contributed by atoms with van der Waals surface area (Å²) in [6, 6.07) is 11.1. The lowest BCUT2D eigenvalue weighted by Crippen LogP contribution is -2.25. The van der Waals surface area contributed by atoms with Crippen LogP contribution < -0.4 is 5.56 Å². The molecule has 0 aliphatic heterocycles. The van der Waals surface area contributed by atoms with Crippen molar-refractivity contribution >= 4 is 28.6 Å². The van der Waals surface area contributed by atoms with Crippen molar-refractivity contribution in [2.24, 2.45) is 5.92 Å². The molecule has 0 N–H and O–H groups in total. The van der Waals surface area contributed by atoms with E-state index < -0.39 is 5.97 Å².